The lowest BCUT2D eigenvalue weighted by atomic mass is 10.0. The number of amides is 1. The minimum Gasteiger partial charge on any atom is -0.454 e. The smallest absolute Gasteiger partial charge is 0.270 e. The van der Waals surface area contributed by atoms with Crippen molar-refractivity contribution in [1.82, 2.24) is 9.47 Å². The van der Waals surface area contributed by atoms with Crippen molar-refractivity contribution in [2.45, 2.75) is 47.2 Å². The van der Waals surface area contributed by atoms with Crippen LogP contribution in [0, 0.1) is 24.2 Å². The molecule has 0 atom stereocenters. The maximum Gasteiger partial charge on any atom is 0.270 e. The molecule has 0 unspecified atom stereocenters. The molecule has 1 N–H and O–H groups in total. The molecule has 3 heterocycles. The zero-order valence-electron chi connectivity index (χ0n) is 20.7. The molecule has 0 spiro atoms. The summed E-state index contributed by atoms with van der Waals surface area (Å²) >= 11 is 6.71. The number of pyridine rings is 1. The summed E-state index contributed by atoms with van der Waals surface area (Å²) in [6, 6.07) is 7.73. The Labute approximate surface area is 219 Å². The molecule has 4 rings (SSSR count). The van der Waals surface area contributed by atoms with E-state index in [1.807, 2.05) is 39.0 Å². The van der Waals surface area contributed by atoms with Gasteiger partial charge in [-0.15, -0.1) is 0 Å². The van der Waals surface area contributed by atoms with Crippen molar-refractivity contribution < 1.29 is 14.3 Å². The van der Waals surface area contributed by atoms with Gasteiger partial charge in [0.05, 0.1) is 4.91 Å². The summed E-state index contributed by atoms with van der Waals surface area (Å²) in [5.74, 6) is 2.03. The molecule has 8 nitrogen and oxygen atoms in total. The molecular formula is C26H28N4O4S2. The molecule has 0 aliphatic carbocycles. The van der Waals surface area contributed by atoms with Gasteiger partial charge in [0.2, 0.25) is 6.79 Å². The van der Waals surface area contributed by atoms with Crippen LogP contribution in [0.5, 0.6) is 11.5 Å². The maximum absolute atomic E-state index is 13.2. The van der Waals surface area contributed by atoms with Gasteiger partial charge in [0.1, 0.15) is 21.8 Å². The Morgan fingerprint density at radius 1 is 1.28 bits per heavy atom. The van der Waals surface area contributed by atoms with Gasteiger partial charge in [-0.3, -0.25) is 19.1 Å². The van der Waals surface area contributed by atoms with E-state index in [9.17, 15) is 14.9 Å². The first-order valence-corrected chi connectivity index (χ1v) is 13.0. The number of ether oxygens (including phenoxy) is 2. The third-order valence-electron chi connectivity index (χ3n) is 5.92. The summed E-state index contributed by atoms with van der Waals surface area (Å²) in [7, 11) is 0. The van der Waals surface area contributed by atoms with Crippen LogP contribution in [0.2, 0.25) is 0 Å². The van der Waals surface area contributed by atoms with Crippen LogP contribution >= 0.6 is 24.0 Å². The second kappa shape index (κ2) is 10.8. The van der Waals surface area contributed by atoms with Crippen molar-refractivity contribution in [2.75, 3.05) is 18.7 Å². The zero-order chi connectivity index (χ0) is 26.0. The van der Waals surface area contributed by atoms with Gasteiger partial charge in [-0.2, -0.15) is 5.26 Å². The second-order valence-corrected chi connectivity index (χ2v) is 10.7. The highest BCUT2D eigenvalue weighted by molar-refractivity contribution is 8.26. The predicted molar refractivity (Wildman–Crippen MR) is 145 cm³/mol. The molecule has 2 aromatic rings. The van der Waals surface area contributed by atoms with E-state index in [4.69, 9.17) is 21.7 Å². The molecule has 188 valence electrons. The van der Waals surface area contributed by atoms with Gasteiger partial charge in [0.15, 0.2) is 11.5 Å². The van der Waals surface area contributed by atoms with Crippen molar-refractivity contribution in [3.8, 4) is 17.6 Å². The Kier molecular flexibility index (Phi) is 7.71. The third-order valence-corrected chi connectivity index (χ3v) is 7.29. The number of thioether (sulfide) groups is 1. The van der Waals surface area contributed by atoms with Crippen LogP contribution in [0.25, 0.3) is 6.08 Å². The zero-order valence-corrected chi connectivity index (χ0v) is 22.3. The fraction of sp³-hybridized carbons (Fsp3) is 0.385. The lowest BCUT2D eigenvalue weighted by Gasteiger charge is -2.20. The van der Waals surface area contributed by atoms with Gasteiger partial charge < -0.3 is 14.8 Å². The summed E-state index contributed by atoms with van der Waals surface area (Å²) in [5.41, 5.74) is 1.81. The Balaban J connectivity index is 1.78. The van der Waals surface area contributed by atoms with Crippen LogP contribution < -0.4 is 20.3 Å². The highest BCUT2D eigenvalue weighted by Crippen LogP contribution is 2.36. The maximum atomic E-state index is 13.2. The Morgan fingerprint density at radius 3 is 2.72 bits per heavy atom. The fourth-order valence-electron chi connectivity index (χ4n) is 4.18. The molecule has 10 heteroatoms. The quantitative estimate of drug-likeness (QED) is 0.394. The van der Waals surface area contributed by atoms with Crippen LogP contribution in [-0.4, -0.2) is 33.0 Å². The van der Waals surface area contributed by atoms with E-state index in [2.05, 4.69) is 11.4 Å². The van der Waals surface area contributed by atoms with Gasteiger partial charge in [0.25, 0.3) is 11.5 Å². The number of anilines is 1. The summed E-state index contributed by atoms with van der Waals surface area (Å²) < 4.78 is 13.0. The molecular weight excluding hydrogens is 496 g/mol. The number of rotatable bonds is 8. The number of hydrogen-bond donors (Lipinski definition) is 1. The highest BCUT2D eigenvalue weighted by atomic mass is 32.2. The number of aromatic nitrogens is 1. The first kappa shape index (κ1) is 25.8. The third kappa shape index (κ3) is 4.99. The van der Waals surface area contributed by atoms with E-state index < -0.39 is 0 Å². The monoisotopic (exact) mass is 524 g/mol. The minimum absolute atomic E-state index is 0.0704. The topological polar surface area (TPSA) is 96.6 Å². The number of nitrogens with one attached hydrogen (secondary N) is 1. The lowest BCUT2D eigenvalue weighted by Crippen LogP contribution is -2.31. The highest BCUT2D eigenvalue weighted by Gasteiger charge is 2.33. The number of thiocarbonyl (C=S) groups is 1. The van der Waals surface area contributed by atoms with E-state index in [0.29, 0.717) is 63.7 Å². The van der Waals surface area contributed by atoms with Crippen LogP contribution in [0.15, 0.2) is 27.9 Å². The van der Waals surface area contributed by atoms with E-state index in [-0.39, 0.29) is 29.7 Å². The van der Waals surface area contributed by atoms with Gasteiger partial charge >= 0.3 is 0 Å². The standard InChI is InChI=1S/C26H28N4O4S2/c1-5-8-29-23(28-12-17-6-7-20-21(9-17)34-14-33-20)18(16(4)19(11-27)24(29)31)10-22-25(32)30(13-15(2)3)26(35)36-22/h6-7,9-10,15,28H,5,8,12-14H2,1-4H3/b22-10+. The number of nitrogens with zero attached hydrogens (tertiary/aromatic N) is 3. The SMILES string of the molecule is CCCn1c(NCc2ccc3c(c2)OCO3)c(/C=C2/SC(=S)N(CC(C)C)C2=O)c(C)c(C#N)c1=O. The molecule has 1 aromatic carbocycles. The van der Waals surface area contributed by atoms with Gasteiger partial charge in [-0.25, -0.2) is 0 Å². The summed E-state index contributed by atoms with van der Waals surface area (Å²) in [6.07, 6.45) is 2.45. The van der Waals surface area contributed by atoms with E-state index in [0.717, 1.165) is 5.56 Å². The van der Waals surface area contributed by atoms with Crippen LogP contribution in [0.4, 0.5) is 5.82 Å². The number of nitriles is 1. The summed E-state index contributed by atoms with van der Waals surface area (Å²) in [4.78, 5) is 28.5. The average Bonchev–Trinajstić information content (AvgIpc) is 3.41. The normalized spacial score (nSPS) is 15.8. The largest absolute Gasteiger partial charge is 0.454 e. The van der Waals surface area contributed by atoms with Crippen molar-refractivity contribution in [2.24, 2.45) is 5.92 Å². The Bertz CT molecular complexity index is 1360. The van der Waals surface area contributed by atoms with E-state index in [1.54, 1.807) is 22.5 Å². The molecule has 0 saturated carbocycles. The molecule has 1 aromatic heterocycles. The molecule has 0 bridgehead atoms. The van der Waals surface area contributed by atoms with E-state index in [1.165, 1.54) is 11.8 Å². The molecule has 2 aliphatic heterocycles. The first-order chi connectivity index (χ1) is 17.2. The Morgan fingerprint density at radius 2 is 2.03 bits per heavy atom. The number of carbonyl (C=O) groups is 1. The van der Waals surface area contributed by atoms with Gasteiger partial charge in [-0.05, 0) is 48.6 Å². The summed E-state index contributed by atoms with van der Waals surface area (Å²) in [5, 5.41) is 13.2. The Hall–Kier alpha value is -3.29. The van der Waals surface area contributed by atoms with Gasteiger partial charge in [-0.1, -0.05) is 50.8 Å². The van der Waals surface area contributed by atoms with Crippen LogP contribution in [0.1, 0.15) is 49.4 Å². The van der Waals surface area contributed by atoms with Crippen molar-refractivity contribution in [3.05, 3.63) is 55.7 Å². The van der Waals surface area contributed by atoms with Crippen LogP contribution in [0.3, 0.4) is 0 Å². The average molecular weight is 525 g/mol. The van der Waals surface area contributed by atoms with Crippen molar-refractivity contribution in [3.63, 3.8) is 0 Å². The summed E-state index contributed by atoms with van der Waals surface area (Å²) in [6.45, 7) is 9.33. The van der Waals surface area contributed by atoms with E-state index >= 15 is 0 Å². The number of carbonyl (C=O) groups excluding carboxylic acids is 1. The van der Waals surface area contributed by atoms with Crippen LogP contribution in [-0.2, 0) is 17.9 Å². The minimum atomic E-state index is -0.352. The number of fused-ring (bicyclic) bond motifs is 1. The molecule has 1 saturated heterocycles. The molecule has 0 radical (unpaired) electrons. The van der Waals surface area contributed by atoms with Gasteiger partial charge in [0, 0.05) is 25.2 Å². The molecule has 36 heavy (non-hydrogen) atoms. The van der Waals surface area contributed by atoms with Crippen molar-refractivity contribution >= 4 is 46.1 Å². The molecule has 2 aliphatic rings. The fourth-order valence-corrected chi connectivity index (χ4v) is 5.44. The molecule has 1 amide bonds. The lowest BCUT2D eigenvalue weighted by molar-refractivity contribution is -0.122. The predicted octanol–water partition coefficient (Wildman–Crippen LogP) is 4.64. The van der Waals surface area contributed by atoms with Crippen molar-refractivity contribution in [1.29, 1.82) is 5.26 Å². The first-order valence-electron chi connectivity index (χ1n) is 11.8. The second-order valence-electron chi connectivity index (χ2n) is 9.06. The number of benzene rings is 1. The number of hydrogen-bond acceptors (Lipinski definition) is 8. The molecule has 1 fully saturated rings.